The number of hydrogen-bond acceptors (Lipinski definition) is 3. The summed E-state index contributed by atoms with van der Waals surface area (Å²) in [4.78, 5) is 11.4. The summed E-state index contributed by atoms with van der Waals surface area (Å²) in [6.07, 6.45) is 4.62. The topological polar surface area (TPSA) is 78.9 Å². The van der Waals surface area contributed by atoms with Gasteiger partial charge in [0.1, 0.15) is 0 Å². The second-order valence-electron chi connectivity index (χ2n) is 4.73. The predicted molar refractivity (Wildman–Crippen MR) is 64.5 cm³/mol. The molecule has 0 rings (SSSR count). The minimum Gasteiger partial charge on any atom is -0.355 e. The Morgan fingerprint density at radius 3 is 2.50 bits per heavy atom. The molecular formula is C12H23N3O. The maximum Gasteiger partial charge on any atom is 0.220 e. The molecule has 0 unspecified atom stereocenters. The number of nitrogens with zero attached hydrogens (tertiary/aromatic N) is 1. The van der Waals surface area contributed by atoms with Crippen molar-refractivity contribution in [1.82, 2.24) is 5.32 Å². The zero-order valence-electron chi connectivity index (χ0n) is 10.4. The summed E-state index contributed by atoms with van der Waals surface area (Å²) in [6, 6.07) is 2.15. The number of hydrogen-bond donors (Lipinski definition) is 2. The van der Waals surface area contributed by atoms with Crippen LogP contribution in [0.15, 0.2) is 0 Å². The van der Waals surface area contributed by atoms with Gasteiger partial charge in [0.2, 0.25) is 5.91 Å². The Balaban J connectivity index is 3.50. The van der Waals surface area contributed by atoms with E-state index >= 15 is 0 Å². The standard InChI is InChI=1S/C12H23N3O/c1-12(2,9-14)10-15-11(16)7-5-3-4-6-8-13/h3-8,10,13H2,1-2H3,(H,15,16). The Morgan fingerprint density at radius 2 is 1.94 bits per heavy atom. The molecule has 0 saturated carbocycles. The second-order valence-corrected chi connectivity index (χ2v) is 4.73. The van der Waals surface area contributed by atoms with Crippen LogP contribution in [0, 0.1) is 16.7 Å². The van der Waals surface area contributed by atoms with Crippen molar-refractivity contribution in [2.24, 2.45) is 11.1 Å². The normalized spacial score (nSPS) is 10.9. The number of carbonyl (C=O) groups is 1. The lowest BCUT2D eigenvalue weighted by Crippen LogP contribution is -2.32. The van der Waals surface area contributed by atoms with Gasteiger partial charge in [0, 0.05) is 13.0 Å². The van der Waals surface area contributed by atoms with Crippen LogP contribution < -0.4 is 11.1 Å². The molecule has 0 radical (unpaired) electrons. The summed E-state index contributed by atoms with van der Waals surface area (Å²) in [7, 11) is 0. The van der Waals surface area contributed by atoms with Gasteiger partial charge in [-0.25, -0.2) is 0 Å². The van der Waals surface area contributed by atoms with Crippen LogP contribution in [0.25, 0.3) is 0 Å². The minimum absolute atomic E-state index is 0.0380. The molecule has 0 bridgehead atoms. The van der Waals surface area contributed by atoms with E-state index in [-0.39, 0.29) is 5.91 Å². The van der Waals surface area contributed by atoms with Gasteiger partial charge in [0.15, 0.2) is 0 Å². The summed E-state index contributed by atoms with van der Waals surface area (Å²) in [5.74, 6) is 0.0380. The van der Waals surface area contributed by atoms with Gasteiger partial charge >= 0.3 is 0 Å². The minimum atomic E-state index is -0.477. The first-order valence-corrected chi connectivity index (χ1v) is 5.90. The SMILES string of the molecule is CC(C)(C#N)CNC(=O)CCCCCCN. The Kier molecular flexibility index (Phi) is 7.57. The van der Waals surface area contributed by atoms with Gasteiger partial charge in [-0.2, -0.15) is 5.26 Å². The van der Waals surface area contributed by atoms with E-state index in [1.54, 1.807) is 0 Å². The molecule has 0 atom stereocenters. The highest BCUT2D eigenvalue weighted by Gasteiger charge is 2.17. The average Bonchev–Trinajstić information content (AvgIpc) is 2.26. The molecule has 0 aromatic carbocycles. The summed E-state index contributed by atoms with van der Waals surface area (Å²) in [5, 5.41) is 11.5. The number of nitrogens with one attached hydrogen (secondary N) is 1. The largest absolute Gasteiger partial charge is 0.355 e. The molecule has 92 valence electrons. The van der Waals surface area contributed by atoms with Crippen molar-refractivity contribution in [3.63, 3.8) is 0 Å². The lowest BCUT2D eigenvalue weighted by atomic mass is 9.96. The smallest absolute Gasteiger partial charge is 0.220 e. The van der Waals surface area contributed by atoms with Crippen LogP contribution in [0.2, 0.25) is 0 Å². The molecule has 4 heteroatoms. The van der Waals surface area contributed by atoms with Crippen molar-refractivity contribution < 1.29 is 4.79 Å². The quantitative estimate of drug-likeness (QED) is 0.615. The van der Waals surface area contributed by atoms with Crippen molar-refractivity contribution in [2.45, 2.75) is 46.0 Å². The van der Waals surface area contributed by atoms with Crippen LogP contribution in [-0.2, 0) is 4.79 Å². The number of amides is 1. The molecule has 4 nitrogen and oxygen atoms in total. The van der Waals surface area contributed by atoms with Crippen molar-refractivity contribution in [3.05, 3.63) is 0 Å². The van der Waals surface area contributed by atoms with E-state index in [0.717, 1.165) is 32.2 Å². The molecule has 1 amide bonds. The van der Waals surface area contributed by atoms with Gasteiger partial charge in [-0.3, -0.25) is 4.79 Å². The van der Waals surface area contributed by atoms with Crippen LogP contribution in [0.5, 0.6) is 0 Å². The number of nitrogens with two attached hydrogens (primary N) is 1. The summed E-state index contributed by atoms with van der Waals surface area (Å²) in [5.41, 5.74) is 4.89. The third kappa shape index (κ3) is 8.25. The highest BCUT2D eigenvalue weighted by Crippen LogP contribution is 2.10. The number of nitriles is 1. The van der Waals surface area contributed by atoms with Gasteiger partial charge in [-0.05, 0) is 33.2 Å². The predicted octanol–water partition coefficient (Wildman–Crippen LogP) is 1.56. The molecule has 0 spiro atoms. The maximum absolute atomic E-state index is 11.4. The van der Waals surface area contributed by atoms with Gasteiger partial charge in [-0.1, -0.05) is 12.8 Å². The monoisotopic (exact) mass is 225 g/mol. The molecule has 16 heavy (non-hydrogen) atoms. The lowest BCUT2D eigenvalue weighted by Gasteiger charge is -2.15. The fraction of sp³-hybridized carbons (Fsp3) is 0.833. The van der Waals surface area contributed by atoms with Crippen LogP contribution in [0.4, 0.5) is 0 Å². The Morgan fingerprint density at radius 1 is 1.31 bits per heavy atom. The first-order chi connectivity index (χ1) is 7.52. The second kappa shape index (κ2) is 8.12. The van der Waals surface area contributed by atoms with Crippen molar-refractivity contribution in [3.8, 4) is 6.07 Å². The molecule has 0 aliphatic heterocycles. The third-order valence-electron chi connectivity index (χ3n) is 2.39. The van der Waals surface area contributed by atoms with Crippen LogP contribution >= 0.6 is 0 Å². The van der Waals surface area contributed by atoms with Crippen molar-refractivity contribution in [1.29, 1.82) is 5.26 Å². The molecule has 0 aromatic rings. The van der Waals surface area contributed by atoms with Crippen LogP contribution in [0.1, 0.15) is 46.0 Å². The van der Waals surface area contributed by atoms with E-state index in [1.807, 2.05) is 13.8 Å². The number of unbranched alkanes of at least 4 members (excludes halogenated alkanes) is 3. The molecule has 0 aliphatic rings. The molecule has 0 fully saturated rings. The van der Waals surface area contributed by atoms with Gasteiger partial charge in [0.05, 0.1) is 11.5 Å². The first-order valence-electron chi connectivity index (χ1n) is 5.90. The summed E-state index contributed by atoms with van der Waals surface area (Å²) >= 11 is 0. The van der Waals surface area contributed by atoms with Crippen LogP contribution in [-0.4, -0.2) is 19.0 Å². The first kappa shape index (κ1) is 14.9. The highest BCUT2D eigenvalue weighted by atomic mass is 16.1. The molecule has 0 saturated heterocycles. The van der Waals surface area contributed by atoms with E-state index in [0.29, 0.717) is 13.0 Å². The fourth-order valence-corrected chi connectivity index (χ4v) is 1.23. The van der Waals surface area contributed by atoms with E-state index in [4.69, 9.17) is 11.0 Å². The lowest BCUT2D eigenvalue weighted by molar-refractivity contribution is -0.121. The van der Waals surface area contributed by atoms with E-state index in [9.17, 15) is 4.79 Å². The van der Waals surface area contributed by atoms with E-state index in [1.165, 1.54) is 0 Å². The molecule has 0 aromatic heterocycles. The average molecular weight is 225 g/mol. The zero-order valence-corrected chi connectivity index (χ0v) is 10.4. The fourth-order valence-electron chi connectivity index (χ4n) is 1.23. The van der Waals surface area contributed by atoms with Crippen molar-refractivity contribution in [2.75, 3.05) is 13.1 Å². The summed E-state index contributed by atoms with van der Waals surface area (Å²) < 4.78 is 0. The van der Waals surface area contributed by atoms with E-state index < -0.39 is 5.41 Å². The number of carbonyl (C=O) groups excluding carboxylic acids is 1. The van der Waals surface area contributed by atoms with Gasteiger partial charge in [0.25, 0.3) is 0 Å². The van der Waals surface area contributed by atoms with E-state index in [2.05, 4.69) is 11.4 Å². The summed E-state index contributed by atoms with van der Waals surface area (Å²) in [6.45, 7) is 4.77. The molecule has 0 aliphatic carbocycles. The van der Waals surface area contributed by atoms with Crippen molar-refractivity contribution >= 4 is 5.91 Å². The van der Waals surface area contributed by atoms with Crippen LogP contribution in [0.3, 0.4) is 0 Å². The Hall–Kier alpha value is -1.08. The highest BCUT2D eigenvalue weighted by molar-refractivity contribution is 5.75. The third-order valence-corrected chi connectivity index (χ3v) is 2.39. The molecule has 0 heterocycles. The van der Waals surface area contributed by atoms with Gasteiger partial charge < -0.3 is 11.1 Å². The number of rotatable bonds is 8. The molecule has 3 N–H and O–H groups in total. The zero-order chi connectivity index (χ0) is 12.4. The Labute approximate surface area is 98.2 Å². The van der Waals surface area contributed by atoms with Gasteiger partial charge in [-0.15, -0.1) is 0 Å². The maximum atomic E-state index is 11.4. The molecular weight excluding hydrogens is 202 g/mol. The Bertz CT molecular complexity index is 243.